The Morgan fingerprint density at radius 3 is 2.35 bits per heavy atom. The highest BCUT2D eigenvalue weighted by molar-refractivity contribution is 7.90. The number of aliphatic carboxylic acids is 1. The third kappa shape index (κ3) is 6.76. The van der Waals surface area contributed by atoms with Crippen LogP contribution in [0, 0.1) is 0 Å². The van der Waals surface area contributed by atoms with Gasteiger partial charge in [0.2, 0.25) is 0 Å². The lowest BCUT2D eigenvalue weighted by Crippen LogP contribution is -2.43. The second-order valence-electron chi connectivity index (χ2n) is 10.8. The number of hydrogen-bond donors (Lipinski definition) is 2. The van der Waals surface area contributed by atoms with Gasteiger partial charge in [-0.3, -0.25) is 4.79 Å². The lowest BCUT2D eigenvalue weighted by atomic mass is 9.88. The smallest absolute Gasteiger partial charge is 0.326 e. The van der Waals surface area contributed by atoms with E-state index >= 15 is 0 Å². The third-order valence-electron chi connectivity index (χ3n) is 7.86. The number of para-hydroxylation sites is 1. The Labute approximate surface area is 268 Å². The second kappa shape index (κ2) is 14.2. The number of nitrogens with one attached hydrogen (secondary N) is 1. The number of benzene rings is 3. The summed E-state index contributed by atoms with van der Waals surface area (Å²) in [4.78, 5) is 25.9. The molecule has 1 amide bonds. The number of amides is 1. The van der Waals surface area contributed by atoms with Gasteiger partial charge in [0, 0.05) is 37.5 Å². The van der Waals surface area contributed by atoms with Crippen LogP contribution in [0.1, 0.15) is 35.0 Å². The van der Waals surface area contributed by atoms with Crippen LogP contribution in [-0.2, 0) is 35.4 Å². The maximum Gasteiger partial charge on any atom is 0.326 e. The first-order chi connectivity index (χ1) is 22.2. The van der Waals surface area contributed by atoms with Gasteiger partial charge in [-0.2, -0.15) is 0 Å². The van der Waals surface area contributed by atoms with Crippen LogP contribution in [-0.4, -0.2) is 69.0 Å². The number of methoxy groups -OCH3 is 2. The molecule has 0 fully saturated rings. The lowest BCUT2D eigenvalue weighted by Gasteiger charge is -2.27. The quantitative estimate of drug-likeness (QED) is 0.207. The number of carboxylic acids is 1. The van der Waals surface area contributed by atoms with Crippen LogP contribution >= 0.6 is 0 Å². The van der Waals surface area contributed by atoms with Crippen molar-refractivity contribution in [1.29, 1.82) is 0 Å². The highest BCUT2D eigenvalue weighted by atomic mass is 32.2. The molecule has 240 valence electrons. The molecule has 1 aliphatic rings. The molecule has 0 bridgehead atoms. The van der Waals surface area contributed by atoms with E-state index in [1.807, 2.05) is 25.1 Å². The van der Waals surface area contributed by atoms with Crippen LogP contribution < -0.4 is 5.32 Å². The molecule has 11 heteroatoms. The Morgan fingerprint density at radius 1 is 1.00 bits per heavy atom. The molecule has 3 aromatic carbocycles. The van der Waals surface area contributed by atoms with Gasteiger partial charge >= 0.3 is 5.97 Å². The maximum atomic E-state index is 13.7. The summed E-state index contributed by atoms with van der Waals surface area (Å²) in [7, 11) is -0.940. The van der Waals surface area contributed by atoms with Gasteiger partial charge in [0.15, 0.2) is 0 Å². The minimum atomic E-state index is -4.18. The zero-order valence-corrected chi connectivity index (χ0v) is 26.6. The van der Waals surface area contributed by atoms with Crippen molar-refractivity contribution in [3.63, 3.8) is 0 Å². The summed E-state index contributed by atoms with van der Waals surface area (Å²) in [6.45, 7) is 3.02. The number of fused-ring (bicyclic) bond motifs is 1. The van der Waals surface area contributed by atoms with Gasteiger partial charge in [-0.15, -0.1) is 0 Å². The van der Waals surface area contributed by atoms with Gasteiger partial charge in [0.05, 0.1) is 30.2 Å². The van der Waals surface area contributed by atoms with Crippen molar-refractivity contribution >= 4 is 38.4 Å². The molecule has 1 heterocycles. The van der Waals surface area contributed by atoms with Crippen LogP contribution in [0.5, 0.6) is 0 Å². The number of carbonyl (C=O) groups excluding carboxylic acids is 1. The average molecular weight is 645 g/mol. The van der Waals surface area contributed by atoms with Gasteiger partial charge in [-0.25, -0.2) is 17.2 Å². The molecule has 0 aliphatic heterocycles. The molecule has 1 aliphatic carbocycles. The number of ether oxygens (including phenoxy) is 3. The fourth-order valence-corrected chi connectivity index (χ4v) is 7.12. The molecule has 10 nitrogen and oxygen atoms in total. The van der Waals surface area contributed by atoms with Crippen LogP contribution in [0.15, 0.2) is 107 Å². The maximum absolute atomic E-state index is 13.7. The molecular weight excluding hydrogens is 608 g/mol. The molecule has 1 aromatic heterocycles. The molecule has 0 radical (unpaired) electrons. The van der Waals surface area contributed by atoms with Crippen molar-refractivity contribution in [3.8, 4) is 0 Å². The first-order valence-corrected chi connectivity index (χ1v) is 16.2. The van der Waals surface area contributed by atoms with Crippen LogP contribution in [0.2, 0.25) is 0 Å². The third-order valence-corrected chi connectivity index (χ3v) is 9.60. The molecule has 2 atom stereocenters. The Kier molecular flexibility index (Phi) is 10.1. The van der Waals surface area contributed by atoms with E-state index in [0.29, 0.717) is 41.9 Å². The van der Waals surface area contributed by atoms with E-state index in [1.54, 1.807) is 68.8 Å². The molecule has 2 unspecified atom stereocenters. The topological polar surface area (TPSA) is 133 Å². The number of carbonyl (C=O) groups is 2. The zero-order valence-electron chi connectivity index (χ0n) is 25.8. The predicted molar refractivity (Wildman–Crippen MR) is 174 cm³/mol. The van der Waals surface area contributed by atoms with Crippen molar-refractivity contribution in [2.45, 2.75) is 36.8 Å². The molecule has 0 spiro atoms. The number of aromatic nitrogens is 1. The van der Waals surface area contributed by atoms with E-state index in [-0.39, 0.29) is 23.1 Å². The van der Waals surface area contributed by atoms with Gasteiger partial charge in [0.1, 0.15) is 17.5 Å². The Morgan fingerprint density at radius 2 is 1.70 bits per heavy atom. The zero-order chi connectivity index (χ0) is 32.8. The van der Waals surface area contributed by atoms with Gasteiger partial charge in [-0.1, -0.05) is 60.7 Å². The first kappa shape index (κ1) is 32.7. The number of rotatable bonds is 13. The molecule has 46 heavy (non-hydrogen) atoms. The summed E-state index contributed by atoms with van der Waals surface area (Å²) < 4.78 is 45.4. The highest BCUT2D eigenvalue weighted by Crippen LogP contribution is 2.34. The highest BCUT2D eigenvalue weighted by Gasteiger charge is 2.30. The summed E-state index contributed by atoms with van der Waals surface area (Å²) in [5.74, 6) is -1.42. The summed E-state index contributed by atoms with van der Waals surface area (Å²) in [6.07, 6.45) is 2.31. The second-order valence-corrected chi connectivity index (χ2v) is 12.6. The normalized spacial score (nSPS) is 15.8. The molecular formula is C35H36N2O8S. The fourth-order valence-electron chi connectivity index (χ4n) is 5.59. The van der Waals surface area contributed by atoms with Crippen LogP contribution in [0.4, 0.5) is 0 Å². The first-order valence-electron chi connectivity index (χ1n) is 14.8. The van der Waals surface area contributed by atoms with Crippen LogP contribution in [0.25, 0.3) is 16.5 Å². The van der Waals surface area contributed by atoms with Gasteiger partial charge in [0.25, 0.3) is 15.9 Å². The average Bonchev–Trinajstić information content (AvgIpc) is 3.48. The SMILES string of the molecule is CCOCC1=CC(OC)=C(c2ccc(CC(NC(=O)c3cc4ccccc4n3S(=O)(=O)c3ccccc3)C(=O)O)cc2)C(OC)C1. The number of nitrogens with zero attached hydrogens (tertiary/aromatic N) is 1. The van der Waals surface area contributed by atoms with Gasteiger partial charge in [-0.05, 0) is 54.0 Å². The summed E-state index contributed by atoms with van der Waals surface area (Å²) in [6, 6.07) is 21.9. The van der Waals surface area contributed by atoms with Crippen molar-refractivity contribution in [1.82, 2.24) is 9.29 Å². The minimum absolute atomic E-state index is 0.00158. The summed E-state index contributed by atoms with van der Waals surface area (Å²) in [5, 5.41) is 13.1. The van der Waals surface area contributed by atoms with Crippen molar-refractivity contribution in [3.05, 3.63) is 119 Å². The van der Waals surface area contributed by atoms with E-state index in [2.05, 4.69) is 5.32 Å². The lowest BCUT2D eigenvalue weighted by molar-refractivity contribution is -0.139. The summed E-state index contributed by atoms with van der Waals surface area (Å²) >= 11 is 0. The Bertz CT molecular complexity index is 1890. The van der Waals surface area contributed by atoms with Gasteiger partial charge < -0.3 is 24.6 Å². The van der Waals surface area contributed by atoms with Crippen molar-refractivity contribution in [2.24, 2.45) is 0 Å². The number of allylic oxidation sites excluding steroid dienone is 1. The largest absolute Gasteiger partial charge is 0.496 e. The van der Waals surface area contributed by atoms with Crippen molar-refractivity contribution in [2.75, 3.05) is 27.4 Å². The molecule has 2 N–H and O–H groups in total. The van der Waals surface area contributed by atoms with Crippen molar-refractivity contribution < 1.29 is 37.3 Å². The molecule has 0 saturated carbocycles. The minimum Gasteiger partial charge on any atom is -0.496 e. The van der Waals surface area contributed by atoms with E-state index in [1.165, 1.54) is 18.2 Å². The van der Waals surface area contributed by atoms with E-state index in [9.17, 15) is 23.1 Å². The predicted octanol–water partition coefficient (Wildman–Crippen LogP) is 5.04. The molecule has 5 rings (SSSR count). The molecule has 4 aromatic rings. The number of carboxylic acid groups (broad SMARTS) is 1. The number of hydrogen-bond acceptors (Lipinski definition) is 7. The Hall–Kier alpha value is -4.71. The van der Waals surface area contributed by atoms with E-state index < -0.39 is 27.9 Å². The van der Waals surface area contributed by atoms with Crippen LogP contribution in [0.3, 0.4) is 0 Å². The standard InChI is InChI=1S/C35H36N2O8S/c1-4-45-22-24-19-31(43-2)33(32(20-24)44-3)25-16-14-23(15-17-25)18-28(35(39)40)36-34(38)30-21-26-10-8-9-13-29(26)37(30)46(41,42)27-11-6-5-7-12-27/h5-17,19,21,28,32H,4,18,20,22H2,1-3H3,(H,36,38)(H,39,40). The summed E-state index contributed by atoms with van der Waals surface area (Å²) in [5.41, 5.74) is 3.55. The molecule has 0 saturated heterocycles. The van der Waals surface area contributed by atoms with E-state index in [0.717, 1.165) is 20.7 Å². The Balaban J connectivity index is 1.41. The van der Waals surface area contributed by atoms with E-state index in [4.69, 9.17) is 14.2 Å². The monoisotopic (exact) mass is 644 g/mol. The fraction of sp³-hybridized carbons (Fsp3) is 0.257.